The summed E-state index contributed by atoms with van der Waals surface area (Å²) in [6.45, 7) is 3.88. The number of pyridine rings is 1. The van der Waals surface area contributed by atoms with Gasteiger partial charge >= 0.3 is 0 Å². The maximum absolute atomic E-state index is 5.73. The largest absolute Gasteiger partial charge is 0.479 e. The monoisotopic (exact) mass is 230 g/mol. The molecule has 0 atom stereocenters. The van der Waals surface area contributed by atoms with Crippen molar-refractivity contribution in [1.29, 1.82) is 0 Å². The first kappa shape index (κ1) is 9.32. The maximum atomic E-state index is 5.73. The van der Waals surface area contributed by atoms with Crippen LogP contribution in [0.25, 0.3) is 0 Å². The van der Waals surface area contributed by atoms with Gasteiger partial charge in [0.05, 0.1) is 11.6 Å². The maximum Gasteiger partial charge on any atom is 0.238 e. The van der Waals surface area contributed by atoms with Crippen molar-refractivity contribution in [3.8, 4) is 5.88 Å². The molecule has 0 aliphatic heterocycles. The molecule has 1 aromatic heterocycles. The van der Waals surface area contributed by atoms with E-state index in [9.17, 15) is 0 Å². The number of aryl methyl sites for hydroxylation is 1. The molecular formula is C8H11BrN2O. The van der Waals surface area contributed by atoms with Gasteiger partial charge < -0.3 is 10.5 Å². The second-order valence-corrected chi connectivity index (χ2v) is 3.35. The fourth-order valence-electron chi connectivity index (χ4n) is 0.907. The van der Waals surface area contributed by atoms with Crippen molar-refractivity contribution < 1.29 is 4.74 Å². The van der Waals surface area contributed by atoms with Crippen LogP contribution in [0, 0.1) is 13.8 Å². The van der Waals surface area contributed by atoms with E-state index >= 15 is 0 Å². The Balaban J connectivity index is 3.39. The first-order chi connectivity index (χ1) is 5.57. The van der Waals surface area contributed by atoms with E-state index in [1.54, 1.807) is 7.11 Å². The zero-order valence-corrected chi connectivity index (χ0v) is 8.90. The zero-order valence-electron chi connectivity index (χ0n) is 7.31. The topological polar surface area (TPSA) is 48.1 Å². The van der Waals surface area contributed by atoms with E-state index in [0.29, 0.717) is 11.6 Å². The van der Waals surface area contributed by atoms with E-state index in [1.165, 1.54) is 0 Å². The molecule has 0 unspecified atom stereocenters. The number of halogens is 1. The summed E-state index contributed by atoms with van der Waals surface area (Å²) in [4.78, 5) is 4.17. The van der Waals surface area contributed by atoms with Gasteiger partial charge in [-0.2, -0.15) is 0 Å². The lowest BCUT2D eigenvalue weighted by Crippen LogP contribution is -2.00. The number of nitrogens with zero attached hydrogens (tertiary/aromatic N) is 1. The van der Waals surface area contributed by atoms with Crippen molar-refractivity contribution >= 4 is 21.6 Å². The molecule has 0 spiro atoms. The van der Waals surface area contributed by atoms with E-state index in [1.807, 2.05) is 13.8 Å². The van der Waals surface area contributed by atoms with Crippen LogP contribution in [0.3, 0.4) is 0 Å². The summed E-state index contributed by atoms with van der Waals surface area (Å²) >= 11 is 3.38. The second-order valence-electron chi connectivity index (χ2n) is 2.56. The van der Waals surface area contributed by atoms with Crippen molar-refractivity contribution in [2.24, 2.45) is 0 Å². The number of hydrogen-bond donors (Lipinski definition) is 1. The highest BCUT2D eigenvalue weighted by Crippen LogP contribution is 2.31. The van der Waals surface area contributed by atoms with Crippen molar-refractivity contribution in [2.45, 2.75) is 13.8 Å². The lowest BCUT2D eigenvalue weighted by Gasteiger charge is -2.09. The van der Waals surface area contributed by atoms with E-state index < -0.39 is 0 Å². The number of aromatic nitrogens is 1. The van der Waals surface area contributed by atoms with E-state index in [0.717, 1.165) is 15.7 Å². The molecule has 0 aliphatic rings. The predicted octanol–water partition coefficient (Wildman–Crippen LogP) is 2.05. The van der Waals surface area contributed by atoms with Gasteiger partial charge in [0.1, 0.15) is 5.69 Å². The molecule has 66 valence electrons. The summed E-state index contributed by atoms with van der Waals surface area (Å²) in [5.74, 6) is 0.477. The molecule has 0 radical (unpaired) electrons. The van der Waals surface area contributed by atoms with Crippen molar-refractivity contribution in [2.75, 3.05) is 12.8 Å². The van der Waals surface area contributed by atoms with Gasteiger partial charge in [-0.05, 0) is 35.3 Å². The quantitative estimate of drug-likeness (QED) is 0.804. The lowest BCUT2D eigenvalue weighted by atomic mass is 10.2. The molecule has 1 rings (SSSR count). The van der Waals surface area contributed by atoms with Crippen LogP contribution in [0.15, 0.2) is 4.47 Å². The van der Waals surface area contributed by atoms with Gasteiger partial charge in [0.2, 0.25) is 5.88 Å². The summed E-state index contributed by atoms with van der Waals surface area (Å²) in [6, 6.07) is 0. The fourth-order valence-corrected chi connectivity index (χ4v) is 1.36. The summed E-state index contributed by atoms with van der Waals surface area (Å²) in [6.07, 6.45) is 0. The third-order valence-electron chi connectivity index (χ3n) is 1.80. The number of rotatable bonds is 1. The minimum atomic E-state index is 0.477. The Morgan fingerprint density at radius 1 is 1.42 bits per heavy atom. The van der Waals surface area contributed by atoms with E-state index in [2.05, 4.69) is 20.9 Å². The number of hydrogen-bond acceptors (Lipinski definition) is 3. The molecule has 4 heteroatoms. The van der Waals surface area contributed by atoms with Crippen LogP contribution in [0.2, 0.25) is 0 Å². The highest BCUT2D eigenvalue weighted by Gasteiger charge is 2.10. The molecule has 0 amide bonds. The van der Waals surface area contributed by atoms with E-state index in [-0.39, 0.29) is 0 Å². The van der Waals surface area contributed by atoms with Crippen LogP contribution in [0.5, 0.6) is 5.88 Å². The minimum absolute atomic E-state index is 0.477. The minimum Gasteiger partial charge on any atom is -0.479 e. The molecule has 0 saturated carbocycles. The molecule has 1 aromatic rings. The van der Waals surface area contributed by atoms with Gasteiger partial charge in [0.25, 0.3) is 0 Å². The van der Waals surface area contributed by atoms with Crippen LogP contribution < -0.4 is 10.5 Å². The third-order valence-corrected chi connectivity index (χ3v) is 2.82. The molecule has 0 saturated heterocycles. The smallest absolute Gasteiger partial charge is 0.238 e. The average Bonchev–Trinajstić information content (AvgIpc) is 2.08. The normalized spacial score (nSPS) is 10.0. The van der Waals surface area contributed by atoms with Gasteiger partial charge in [-0.15, -0.1) is 0 Å². The molecule has 0 aliphatic carbocycles. The molecule has 0 aromatic carbocycles. The molecule has 0 bridgehead atoms. The Hall–Kier alpha value is -0.770. The van der Waals surface area contributed by atoms with Gasteiger partial charge in [0, 0.05) is 5.69 Å². The SMILES string of the molecule is COc1nc(C)c(C)c(Br)c1N. The number of methoxy groups -OCH3 is 1. The van der Waals surface area contributed by atoms with Crippen LogP contribution in [-0.2, 0) is 0 Å². The van der Waals surface area contributed by atoms with Gasteiger partial charge in [-0.25, -0.2) is 4.98 Å². The van der Waals surface area contributed by atoms with Crippen LogP contribution in [-0.4, -0.2) is 12.1 Å². The molecule has 1 heterocycles. The molecule has 2 N–H and O–H groups in total. The van der Waals surface area contributed by atoms with E-state index in [4.69, 9.17) is 10.5 Å². The Morgan fingerprint density at radius 3 is 2.50 bits per heavy atom. The summed E-state index contributed by atoms with van der Waals surface area (Å²) in [5, 5.41) is 0. The molecule has 12 heavy (non-hydrogen) atoms. The average molecular weight is 231 g/mol. The summed E-state index contributed by atoms with van der Waals surface area (Å²) < 4.78 is 5.86. The Bertz CT molecular complexity index is 312. The fraction of sp³-hybridized carbons (Fsp3) is 0.375. The summed E-state index contributed by atoms with van der Waals surface area (Å²) in [7, 11) is 1.56. The van der Waals surface area contributed by atoms with Gasteiger partial charge in [-0.3, -0.25) is 0 Å². The predicted molar refractivity (Wildman–Crippen MR) is 52.4 cm³/mol. The van der Waals surface area contributed by atoms with Crippen LogP contribution in [0.1, 0.15) is 11.3 Å². The standard InChI is InChI=1S/C8H11BrN2O/c1-4-5(2)11-8(12-3)7(10)6(4)9/h10H2,1-3H3. The highest BCUT2D eigenvalue weighted by molar-refractivity contribution is 9.10. The van der Waals surface area contributed by atoms with Crippen LogP contribution >= 0.6 is 15.9 Å². The number of anilines is 1. The first-order valence-electron chi connectivity index (χ1n) is 3.54. The van der Waals surface area contributed by atoms with Crippen molar-refractivity contribution in [3.05, 3.63) is 15.7 Å². The molecule has 0 fully saturated rings. The number of ether oxygens (including phenoxy) is 1. The van der Waals surface area contributed by atoms with Gasteiger partial charge in [0.15, 0.2) is 0 Å². The van der Waals surface area contributed by atoms with Crippen LogP contribution in [0.4, 0.5) is 5.69 Å². The number of nitrogens with two attached hydrogens (primary N) is 1. The Kier molecular flexibility index (Phi) is 2.57. The first-order valence-corrected chi connectivity index (χ1v) is 4.33. The Labute approximate surface area is 80.1 Å². The Morgan fingerprint density at radius 2 is 2.00 bits per heavy atom. The zero-order chi connectivity index (χ0) is 9.30. The summed E-state index contributed by atoms with van der Waals surface area (Å²) in [5.41, 5.74) is 8.26. The third kappa shape index (κ3) is 1.39. The number of nitrogen functional groups attached to an aromatic ring is 1. The highest BCUT2D eigenvalue weighted by atomic mass is 79.9. The van der Waals surface area contributed by atoms with Gasteiger partial charge in [-0.1, -0.05) is 0 Å². The lowest BCUT2D eigenvalue weighted by molar-refractivity contribution is 0.399. The molecular weight excluding hydrogens is 220 g/mol. The molecule has 3 nitrogen and oxygen atoms in total. The van der Waals surface area contributed by atoms with Crippen molar-refractivity contribution in [1.82, 2.24) is 4.98 Å². The second kappa shape index (κ2) is 3.31. The van der Waals surface area contributed by atoms with Crippen molar-refractivity contribution in [3.63, 3.8) is 0 Å².